The van der Waals surface area contributed by atoms with Crippen LogP contribution in [0.3, 0.4) is 0 Å². The molecule has 6 heteroatoms. The third kappa shape index (κ3) is 6.42. The fraction of sp³-hybridized carbons (Fsp3) is 0.600. The Morgan fingerprint density at radius 3 is 2.15 bits per heavy atom. The number of hydrogen-bond donors (Lipinski definition) is 2. The van der Waals surface area contributed by atoms with E-state index >= 15 is 0 Å². The maximum Gasteiger partial charge on any atom is 0.238 e. The Hall–Kier alpha value is -1.92. The fourth-order valence-electron chi connectivity index (χ4n) is 3.07. The topological polar surface area (TPSA) is 64.7 Å². The van der Waals surface area contributed by atoms with Gasteiger partial charge in [0.25, 0.3) is 0 Å². The zero-order valence-electron chi connectivity index (χ0n) is 16.3. The molecule has 2 rings (SSSR count). The molecule has 26 heavy (non-hydrogen) atoms. The summed E-state index contributed by atoms with van der Waals surface area (Å²) in [6, 6.07) is 8.14. The monoisotopic (exact) mass is 360 g/mol. The lowest BCUT2D eigenvalue weighted by Gasteiger charge is -2.34. The summed E-state index contributed by atoms with van der Waals surface area (Å²) in [7, 11) is 0. The standard InChI is InChI=1S/C20H32N4O2/c1-4-16(3)21-19(25)14-23-10-12-24(13-11-23)15-20(26)22-18-9-7-6-8-17(18)5-2/h6-9,16H,4-5,10-15H2,1-3H3,(H,21,25)(H,22,26)/t16-/m0/s1. The van der Waals surface area contributed by atoms with E-state index in [2.05, 4.69) is 34.3 Å². The molecule has 144 valence electrons. The molecule has 0 saturated carbocycles. The number of aryl methyl sites for hydroxylation is 1. The van der Waals surface area contributed by atoms with Crippen molar-refractivity contribution in [3.63, 3.8) is 0 Å². The van der Waals surface area contributed by atoms with Gasteiger partial charge in [-0.2, -0.15) is 0 Å². The molecule has 1 aliphatic heterocycles. The number of nitrogens with one attached hydrogen (secondary N) is 2. The molecule has 0 aromatic heterocycles. The van der Waals surface area contributed by atoms with E-state index in [0.717, 1.165) is 50.3 Å². The van der Waals surface area contributed by atoms with E-state index in [0.29, 0.717) is 13.1 Å². The maximum atomic E-state index is 12.3. The molecule has 1 atom stereocenters. The van der Waals surface area contributed by atoms with Crippen LogP contribution in [0.4, 0.5) is 5.69 Å². The molecule has 1 fully saturated rings. The Morgan fingerprint density at radius 2 is 1.58 bits per heavy atom. The predicted octanol–water partition coefficient (Wildman–Crippen LogP) is 1.72. The summed E-state index contributed by atoms with van der Waals surface area (Å²) >= 11 is 0. The van der Waals surface area contributed by atoms with Crippen molar-refractivity contribution >= 4 is 17.5 Å². The summed E-state index contributed by atoms with van der Waals surface area (Å²) in [6.07, 6.45) is 1.84. The summed E-state index contributed by atoms with van der Waals surface area (Å²) in [5.41, 5.74) is 2.05. The van der Waals surface area contributed by atoms with E-state index in [1.807, 2.05) is 31.2 Å². The highest BCUT2D eigenvalue weighted by molar-refractivity contribution is 5.93. The number of amides is 2. The smallest absolute Gasteiger partial charge is 0.238 e. The van der Waals surface area contributed by atoms with Crippen LogP contribution in [-0.4, -0.2) is 66.9 Å². The van der Waals surface area contributed by atoms with Crippen LogP contribution in [0.5, 0.6) is 0 Å². The molecular weight excluding hydrogens is 328 g/mol. The van der Waals surface area contributed by atoms with Crippen LogP contribution in [0, 0.1) is 0 Å². The number of benzene rings is 1. The van der Waals surface area contributed by atoms with Gasteiger partial charge in [0.05, 0.1) is 13.1 Å². The number of piperazine rings is 1. The van der Waals surface area contributed by atoms with Crippen LogP contribution in [0.25, 0.3) is 0 Å². The molecule has 0 aliphatic carbocycles. The molecule has 1 saturated heterocycles. The van der Waals surface area contributed by atoms with Crippen molar-refractivity contribution in [2.24, 2.45) is 0 Å². The first-order valence-electron chi connectivity index (χ1n) is 9.63. The van der Waals surface area contributed by atoms with E-state index in [1.54, 1.807) is 0 Å². The molecule has 1 heterocycles. The van der Waals surface area contributed by atoms with Gasteiger partial charge in [0.1, 0.15) is 0 Å². The second kappa shape index (κ2) is 10.3. The van der Waals surface area contributed by atoms with Gasteiger partial charge in [-0.3, -0.25) is 19.4 Å². The van der Waals surface area contributed by atoms with E-state index in [9.17, 15) is 9.59 Å². The van der Waals surface area contributed by atoms with Crippen molar-refractivity contribution in [2.45, 2.75) is 39.7 Å². The summed E-state index contributed by atoms with van der Waals surface area (Å²) in [5, 5.41) is 6.02. The number of nitrogens with zero attached hydrogens (tertiary/aromatic N) is 2. The summed E-state index contributed by atoms with van der Waals surface area (Å²) in [6.45, 7) is 10.2. The SMILES string of the molecule is CCc1ccccc1NC(=O)CN1CCN(CC(=O)N[C@@H](C)CC)CC1. The Bertz CT molecular complexity index is 597. The van der Waals surface area contributed by atoms with Gasteiger partial charge in [0, 0.05) is 37.9 Å². The number of carbonyl (C=O) groups is 2. The van der Waals surface area contributed by atoms with Crippen LogP contribution in [0.1, 0.15) is 32.8 Å². The number of para-hydroxylation sites is 1. The van der Waals surface area contributed by atoms with Crippen molar-refractivity contribution in [1.29, 1.82) is 0 Å². The molecule has 0 bridgehead atoms. The maximum absolute atomic E-state index is 12.3. The van der Waals surface area contributed by atoms with Gasteiger partial charge in [0.2, 0.25) is 11.8 Å². The quantitative estimate of drug-likeness (QED) is 0.741. The van der Waals surface area contributed by atoms with Gasteiger partial charge >= 0.3 is 0 Å². The molecule has 2 N–H and O–H groups in total. The Kier molecular flexibility index (Phi) is 8.06. The van der Waals surface area contributed by atoms with Crippen LogP contribution in [0.2, 0.25) is 0 Å². The minimum absolute atomic E-state index is 0.0221. The first kappa shape index (κ1) is 20.4. The van der Waals surface area contributed by atoms with Crippen molar-refractivity contribution < 1.29 is 9.59 Å². The Labute approximate surface area is 156 Å². The highest BCUT2D eigenvalue weighted by atomic mass is 16.2. The van der Waals surface area contributed by atoms with E-state index in [-0.39, 0.29) is 17.9 Å². The van der Waals surface area contributed by atoms with Crippen LogP contribution < -0.4 is 10.6 Å². The van der Waals surface area contributed by atoms with Gasteiger partial charge in [-0.25, -0.2) is 0 Å². The average Bonchev–Trinajstić information content (AvgIpc) is 2.63. The number of rotatable bonds is 8. The molecule has 1 aromatic rings. The van der Waals surface area contributed by atoms with Gasteiger partial charge < -0.3 is 10.6 Å². The molecular formula is C20H32N4O2. The van der Waals surface area contributed by atoms with Gasteiger partial charge in [-0.15, -0.1) is 0 Å². The van der Waals surface area contributed by atoms with Crippen molar-refractivity contribution in [1.82, 2.24) is 15.1 Å². The summed E-state index contributed by atoms with van der Waals surface area (Å²) < 4.78 is 0. The molecule has 0 unspecified atom stereocenters. The van der Waals surface area contributed by atoms with Gasteiger partial charge in [-0.1, -0.05) is 32.0 Å². The average molecular weight is 361 g/mol. The predicted molar refractivity (Wildman–Crippen MR) is 105 cm³/mol. The molecule has 1 aliphatic rings. The lowest BCUT2D eigenvalue weighted by atomic mass is 10.1. The summed E-state index contributed by atoms with van der Waals surface area (Å²) in [4.78, 5) is 28.6. The normalized spacial score (nSPS) is 16.9. The van der Waals surface area contributed by atoms with Gasteiger partial charge in [-0.05, 0) is 31.4 Å². The van der Waals surface area contributed by atoms with Crippen LogP contribution in [-0.2, 0) is 16.0 Å². The third-order valence-corrected chi connectivity index (χ3v) is 4.89. The van der Waals surface area contributed by atoms with E-state index < -0.39 is 0 Å². The molecule has 2 amide bonds. The Morgan fingerprint density at radius 1 is 1.00 bits per heavy atom. The highest BCUT2D eigenvalue weighted by Gasteiger charge is 2.21. The van der Waals surface area contributed by atoms with Crippen LogP contribution in [0.15, 0.2) is 24.3 Å². The largest absolute Gasteiger partial charge is 0.353 e. The van der Waals surface area contributed by atoms with E-state index in [4.69, 9.17) is 0 Å². The van der Waals surface area contributed by atoms with Crippen LogP contribution >= 0.6 is 0 Å². The van der Waals surface area contributed by atoms with E-state index in [1.165, 1.54) is 0 Å². The molecule has 6 nitrogen and oxygen atoms in total. The second-order valence-electron chi connectivity index (χ2n) is 6.99. The lowest BCUT2D eigenvalue weighted by molar-refractivity contribution is -0.124. The van der Waals surface area contributed by atoms with Crippen molar-refractivity contribution in [2.75, 3.05) is 44.6 Å². The second-order valence-corrected chi connectivity index (χ2v) is 6.99. The first-order valence-corrected chi connectivity index (χ1v) is 9.63. The third-order valence-electron chi connectivity index (χ3n) is 4.89. The first-order chi connectivity index (χ1) is 12.5. The zero-order valence-corrected chi connectivity index (χ0v) is 16.3. The number of anilines is 1. The van der Waals surface area contributed by atoms with Crippen molar-refractivity contribution in [3.8, 4) is 0 Å². The number of hydrogen-bond acceptors (Lipinski definition) is 4. The molecule has 0 spiro atoms. The molecule has 1 aromatic carbocycles. The lowest BCUT2D eigenvalue weighted by Crippen LogP contribution is -2.51. The highest BCUT2D eigenvalue weighted by Crippen LogP contribution is 2.15. The minimum atomic E-state index is 0.0221. The summed E-state index contributed by atoms with van der Waals surface area (Å²) in [5.74, 6) is 0.107. The minimum Gasteiger partial charge on any atom is -0.353 e. The zero-order chi connectivity index (χ0) is 18.9. The van der Waals surface area contributed by atoms with Gasteiger partial charge in [0.15, 0.2) is 0 Å². The molecule has 0 radical (unpaired) electrons. The number of carbonyl (C=O) groups excluding carboxylic acids is 2. The Balaban J connectivity index is 1.73. The van der Waals surface area contributed by atoms with Crippen molar-refractivity contribution in [3.05, 3.63) is 29.8 Å². The fourth-order valence-corrected chi connectivity index (χ4v) is 3.07.